The van der Waals surface area contributed by atoms with Crippen LogP contribution in [0.1, 0.15) is 5.56 Å². The number of aromatic nitrogens is 4. The van der Waals surface area contributed by atoms with Crippen molar-refractivity contribution >= 4 is 38.3 Å². The van der Waals surface area contributed by atoms with Crippen molar-refractivity contribution in [2.45, 2.75) is 6.61 Å². The molecule has 2 N–H and O–H groups in total. The van der Waals surface area contributed by atoms with Crippen LogP contribution in [0.25, 0.3) is 42.9 Å². The minimum Gasteiger partial charge on any atom is -0.392 e. The Kier molecular flexibility index (Phi) is 4.83. The maximum atomic E-state index is 9.35. The molecule has 0 saturated carbocycles. The van der Waals surface area contributed by atoms with Gasteiger partial charge in [-0.3, -0.25) is 5.10 Å². The van der Waals surface area contributed by atoms with Gasteiger partial charge in [-0.05, 0) is 23.3 Å². The molecule has 160 valence electrons. The summed E-state index contributed by atoms with van der Waals surface area (Å²) in [5.41, 5.74) is 4.88. The molecule has 3 aromatic heterocycles. The molecule has 0 spiro atoms. The molecule has 8 heteroatoms. The summed E-state index contributed by atoms with van der Waals surface area (Å²) in [4.78, 5) is 13.4. The molecular weight excluding hydrogens is 422 g/mol. The fraction of sp³-hybridized carbons (Fsp3) is 0.208. The Morgan fingerprint density at radius 1 is 1.06 bits per heavy atom. The second-order valence-corrected chi connectivity index (χ2v) is 8.84. The zero-order valence-electron chi connectivity index (χ0n) is 17.3. The standard InChI is InChI=1S/C24H21N5O2S/c30-14-15-4-6-16(7-5-15)21-12-20-22(32-21)24(29-8-10-31-11-9-29)27-23(26-20)17-2-1-3-19-18(17)13-25-28-19/h1-7,12-13,30H,8-11,14H2,(H,25,28). The van der Waals surface area contributed by atoms with Crippen molar-refractivity contribution in [3.05, 3.63) is 60.3 Å². The third-order valence-electron chi connectivity index (χ3n) is 5.81. The van der Waals surface area contributed by atoms with Gasteiger partial charge in [-0.2, -0.15) is 5.10 Å². The number of aliphatic hydroxyl groups is 1. The van der Waals surface area contributed by atoms with Gasteiger partial charge in [0.2, 0.25) is 0 Å². The van der Waals surface area contributed by atoms with Crippen molar-refractivity contribution in [2.24, 2.45) is 0 Å². The normalized spacial score (nSPS) is 14.5. The molecule has 0 atom stereocenters. The Hall–Kier alpha value is -3.33. The van der Waals surface area contributed by atoms with Gasteiger partial charge in [0.1, 0.15) is 0 Å². The zero-order valence-corrected chi connectivity index (χ0v) is 18.1. The number of H-pyrrole nitrogens is 1. The third-order valence-corrected chi connectivity index (χ3v) is 6.98. The SMILES string of the molecule is OCc1ccc(-c2cc3nc(-c4cccc5[nH]ncc45)nc(N4CCOCC4)c3s2)cc1. The minimum atomic E-state index is 0.0439. The van der Waals surface area contributed by atoms with Gasteiger partial charge in [0.15, 0.2) is 11.6 Å². The molecule has 7 nitrogen and oxygen atoms in total. The molecule has 4 heterocycles. The first-order chi connectivity index (χ1) is 15.8. The molecule has 2 aromatic carbocycles. The molecule has 1 aliphatic heterocycles. The summed E-state index contributed by atoms with van der Waals surface area (Å²) in [6.07, 6.45) is 1.83. The van der Waals surface area contributed by atoms with E-state index in [0.717, 1.165) is 61.6 Å². The van der Waals surface area contributed by atoms with Crippen LogP contribution in [0.5, 0.6) is 0 Å². The van der Waals surface area contributed by atoms with E-state index in [0.29, 0.717) is 19.0 Å². The first kappa shape index (κ1) is 19.4. The van der Waals surface area contributed by atoms with Crippen molar-refractivity contribution in [2.75, 3.05) is 31.2 Å². The largest absolute Gasteiger partial charge is 0.392 e. The number of ether oxygens (including phenoxy) is 1. The maximum Gasteiger partial charge on any atom is 0.162 e. The summed E-state index contributed by atoms with van der Waals surface area (Å²) in [6.45, 7) is 3.04. The summed E-state index contributed by atoms with van der Waals surface area (Å²) in [7, 11) is 0. The van der Waals surface area contributed by atoms with Gasteiger partial charge in [-0.1, -0.05) is 36.4 Å². The highest BCUT2D eigenvalue weighted by atomic mass is 32.1. The molecule has 0 amide bonds. The lowest BCUT2D eigenvalue weighted by molar-refractivity contribution is 0.122. The average molecular weight is 444 g/mol. The highest BCUT2D eigenvalue weighted by molar-refractivity contribution is 7.22. The van der Waals surface area contributed by atoms with Crippen molar-refractivity contribution in [1.29, 1.82) is 0 Å². The third kappa shape index (κ3) is 3.33. The first-order valence-electron chi connectivity index (χ1n) is 10.6. The van der Waals surface area contributed by atoms with Crippen molar-refractivity contribution in [3.63, 3.8) is 0 Å². The van der Waals surface area contributed by atoms with E-state index in [2.05, 4.69) is 21.2 Å². The number of thiophene rings is 1. The Bertz CT molecular complexity index is 1400. The van der Waals surface area contributed by atoms with Crippen molar-refractivity contribution in [1.82, 2.24) is 20.2 Å². The van der Waals surface area contributed by atoms with Gasteiger partial charge in [-0.25, -0.2) is 9.97 Å². The van der Waals surface area contributed by atoms with E-state index in [4.69, 9.17) is 14.7 Å². The molecule has 0 bridgehead atoms. The summed E-state index contributed by atoms with van der Waals surface area (Å²) >= 11 is 1.70. The number of aromatic amines is 1. The van der Waals surface area contributed by atoms with Crippen LogP contribution < -0.4 is 4.90 Å². The maximum absolute atomic E-state index is 9.35. The number of nitrogens with one attached hydrogen (secondary N) is 1. The molecule has 1 fully saturated rings. The molecule has 0 radical (unpaired) electrons. The lowest BCUT2D eigenvalue weighted by Crippen LogP contribution is -2.36. The monoisotopic (exact) mass is 443 g/mol. The fourth-order valence-electron chi connectivity index (χ4n) is 4.10. The number of anilines is 1. The fourth-order valence-corrected chi connectivity index (χ4v) is 5.22. The molecule has 6 rings (SSSR count). The van der Waals surface area contributed by atoms with E-state index in [9.17, 15) is 5.11 Å². The second-order valence-electron chi connectivity index (χ2n) is 7.79. The van der Waals surface area contributed by atoms with Crippen LogP contribution in [-0.4, -0.2) is 51.6 Å². The summed E-state index contributed by atoms with van der Waals surface area (Å²) in [6, 6.07) is 16.2. The highest BCUT2D eigenvalue weighted by Crippen LogP contribution is 2.39. The van der Waals surface area contributed by atoms with Crippen LogP contribution in [0.2, 0.25) is 0 Å². The molecule has 5 aromatic rings. The Morgan fingerprint density at radius 3 is 2.72 bits per heavy atom. The molecule has 0 unspecified atom stereocenters. The second kappa shape index (κ2) is 7.98. The quantitative estimate of drug-likeness (QED) is 0.432. The lowest BCUT2D eigenvalue weighted by atomic mass is 10.1. The smallest absolute Gasteiger partial charge is 0.162 e. The van der Waals surface area contributed by atoms with E-state index in [1.54, 1.807) is 11.3 Å². The summed E-state index contributed by atoms with van der Waals surface area (Å²) in [5.74, 6) is 1.66. The average Bonchev–Trinajstić information content (AvgIpc) is 3.51. The number of morpholine rings is 1. The Morgan fingerprint density at radius 2 is 1.91 bits per heavy atom. The molecular formula is C24H21N5O2S. The van der Waals surface area contributed by atoms with Crippen LogP contribution in [0.3, 0.4) is 0 Å². The van der Waals surface area contributed by atoms with Gasteiger partial charge >= 0.3 is 0 Å². The number of fused-ring (bicyclic) bond motifs is 2. The van der Waals surface area contributed by atoms with E-state index in [1.807, 2.05) is 48.7 Å². The minimum absolute atomic E-state index is 0.0439. The summed E-state index contributed by atoms with van der Waals surface area (Å²) in [5, 5.41) is 17.6. The van der Waals surface area contributed by atoms with E-state index in [-0.39, 0.29) is 6.61 Å². The van der Waals surface area contributed by atoms with Crippen LogP contribution >= 0.6 is 11.3 Å². The number of hydrogen-bond donors (Lipinski definition) is 2. The van der Waals surface area contributed by atoms with Gasteiger partial charge < -0.3 is 14.7 Å². The zero-order chi connectivity index (χ0) is 21.5. The number of hydrogen-bond acceptors (Lipinski definition) is 7. The van der Waals surface area contributed by atoms with Crippen LogP contribution in [-0.2, 0) is 11.3 Å². The molecule has 0 aliphatic carbocycles. The van der Waals surface area contributed by atoms with Crippen molar-refractivity contribution < 1.29 is 9.84 Å². The van der Waals surface area contributed by atoms with Crippen LogP contribution in [0.4, 0.5) is 5.82 Å². The molecule has 32 heavy (non-hydrogen) atoms. The lowest BCUT2D eigenvalue weighted by Gasteiger charge is -2.28. The van der Waals surface area contributed by atoms with Crippen LogP contribution in [0.15, 0.2) is 54.7 Å². The van der Waals surface area contributed by atoms with E-state index >= 15 is 0 Å². The number of nitrogens with zero attached hydrogens (tertiary/aromatic N) is 4. The predicted octanol–water partition coefficient (Wildman–Crippen LogP) is 4.23. The van der Waals surface area contributed by atoms with Gasteiger partial charge in [0.05, 0.1) is 41.8 Å². The Balaban J connectivity index is 1.54. The molecule has 1 aliphatic rings. The van der Waals surface area contributed by atoms with Crippen molar-refractivity contribution in [3.8, 4) is 21.8 Å². The van der Waals surface area contributed by atoms with E-state index < -0.39 is 0 Å². The topological polar surface area (TPSA) is 87.2 Å². The number of benzene rings is 2. The highest BCUT2D eigenvalue weighted by Gasteiger charge is 2.21. The molecule has 1 saturated heterocycles. The predicted molar refractivity (Wildman–Crippen MR) is 127 cm³/mol. The van der Waals surface area contributed by atoms with Gasteiger partial charge in [0.25, 0.3) is 0 Å². The van der Waals surface area contributed by atoms with E-state index in [1.165, 1.54) is 0 Å². The number of rotatable bonds is 4. The first-order valence-corrected chi connectivity index (χ1v) is 11.4. The number of aliphatic hydroxyl groups excluding tert-OH is 1. The van der Waals surface area contributed by atoms with Crippen LogP contribution in [0, 0.1) is 0 Å². The van der Waals surface area contributed by atoms with Gasteiger partial charge in [-0.15, -0.1) is 11.3 Å². The van der Waals surface area contributed by atoms with Gasteiger partial charge in [0, 0.05) is 28.9 Å². The Labute approximate surface area is 188 Å². The summed E-state index contributed by atoms with van der Waals surface area (Å²) < 4.78 is 6.66.